The minimum Gasteiger partial charge on any atom is -0.479 e. The lowest BCUT2D eigenvalue weighted by Gasteiger charge is -2.16. The van der Waals surface area contributed by atoms with Crippen LogP contribution in [0.15, 0.2) is 0 Å². The SMILES string of the molecule is COC(CNC(=O)CN1CCCC1=O)C(=O)O. The maximum atomic E-state index is 11.4. The van der Waals surface area contributed by atoms with Crippen molar-refractivity contribution >= 4 is 17.8 Å². The Morgan fingerprint density at radius 2 is 2.29 bits per heavy atom. The Hall–Kier alpha value is -1.63. The number of carbonyl (C=O) groups excluding carboxylic acids is 2. The lowest BCUT2D eigenvalue weighted by molar-refractivity contribution is -0.148. The quantitative estimate of drug-likeness (QED) is 0.613. The third-order valence-corrected chi connectivity index (χ3v) is 2.55. The van der Waals surface area contributed by atoms with Crippen molar-refractivity contribution in [3.8, 4) is 0 Å². The van der Waals surface area contributed by atoms with Gasteiger partial charge in [-0.2, -0.15) is 0 Å². The first-order valence-electron chi connectivity index (χ1n) is 5.34. The summed E-state index contributed by atoms with van der Waals surface area (Å²) in [6.07, 6.45) is 0.179. The number of likely N-dealkylation sites (tertiary alicyclic amines) is 1. The molecule has 0 spiro atoms. The van der Waals surface area contributed by atoms with E-state index in [0.29, 0.717) is 13.0 Å². The summed E-state index contributed by atoms with van der Waals surface area (Å²) >= 11 is 0. The van der Waals surface area contributed by atoms with E-state index in [1.54, 1.807) is 0 Å². The van der Waals surface area contributed by atoms with Crippen molar-refractivity contribution in [1.82, 2.24) is 10.2 Å². The fourth-order valence-corrected chi connectivity index (χ4v) is 1.58. The summed E-state index contributed by atoms with van der Waals surface area (Å²) in [4.78, 5) is 34.7. The molecule has 1 fully saturated rings. The van der Waals surface area contributed by atoms with Crippen LogP contribution in [0.3, 0.4) is 0 Å². The Kier molecular flexibility index (Phi) is 4.89. The van der Waals surface area contributed by atoms with Gasteiger partial charge in [-0.05, 0) is 6.42 Å². The van der Waals surface area contributed by atoms with Gasteiger partial charge in [0.2, 0.25) is 11.8 Å². The summed E-state index contributed by atoms with van der Waals surface area (Å²) in [5.41, 5.74) is 0. The Morgan fingerprint density at radius 3 is 2.76 bits per heavy atom. The molecule has 0 bridgehead atoms. The molecular formula is C10H16N2O5. The molecule has 1 unspecified atom stereocenters. The van der Waals surface area contributed by atoms with Gasteiger partial charge in [0.25, 0.3) is 0 Å². The maximum Gasteiger partial charge on any atom is 0.334 e. The Labute approximate surface area is 98.7 Å². The van der Waals surface area contributed by atoms with Gasteiger partial charge < -0.3 is 20.1 Å². The second kappa shape index (κ2) is 6.19. The standard InChI is InChI=1S/C10H16N2O5/c1-17-7(10(15)16)5-11-8(13)6-12-4-2-3-9(12)14/h7H,2-6H2,1H3,(H,11,13)(H,15,16). The van der Waals surface area contributed by atoms with E-state index in [-0.39, 0.29) is 24.9 Å². The van der Waals surface area contributed by atoms with Crippen LogP contribution in [0, 0.1) is 0 Å². The van der Waals surface area contributed by atoms with Crippen LogP contribution in [-0.4, -0.2) is 60.6 Å². The van der Waals surface area contributed by atoms with Gasteiger partial charge in [-0.1, -0.05) is 0 Å². The topological polar surface area (TPSA) is 95.9 Å². The number of rotatable bonds is 6. The van der Waals surface area contributed by atoms with Crippen LogP contribution in [0.25, 0.3) is 0 Å². The van der Waals surface area contributed by atoms with Gasteiger partial charge in [-0.15, -0.1) is 0 Å². The van der Waals surface area contributed by atoms with Crippen molar-refractivity contribution in [2.75, 3.05) is 26.7 Å². The first-order chi connectivity index (χ1) is 8.04. The maximum absolute atomic E-state index is 11.4. The zero-order valence-corrected chi connectivity index (χ0v) is 9.64. The molecule has 0 radical (unpaired) electrons. The van der Waals surface area contributed by atoms with Crippen molar-refractivity contribution in [3.63, 3.8) is 0 Å². The first kappa shape index (κ1) is 13.4. The van der Waals surface area contributed by atoms with Gasteiger partial charge in [-0.3, -0.25) is 9.59 Å². The molecule has 1 rings (SSSR count). The Balaban J connectivity index is 2.29. The van der Waals surface area contributed by atoms with Gasteiger partial charge in [0.15, 0.2) is 6.10 Å². The van der Waals surface area contributed by atoms with Crippen molar-refractivity contribution in [1.29, 1.82) is 0 Å². The summed E-state index contributed by atoms with van der Waals surface area (Å²) in [5.74, 6) is -1.55. The summed E-state index contributed by atoms with van der Waals surface area (Å²) < 4.78 is 4.66. The highest BCUT2D eigenvalue weighted by molar-refractivity contribution is 5.86. The molecule has 1 aliphatic heterocycles. The Bertz CT molecular complexity index is 318. The van der Waals surface area contributed by atoms with E-state index in [1.165, 1.54) is 12.0 Å². The number of carboxylic acids is 1. The smallest absolute Gasteiger partial charge is 0.334 e. The molecule has 2 amide bonds. The number of carboxylic acid groups (broad SMARTS) is 1. The van der Waals surface area contributed by atoms with Crippen molar-refractivity contribution in [2.45, 2.75) is 18.9 Å². The molecule has 1 heterocycles. The molecule has 96 valence electrons. The molecule has 0 aromatic heterocycles. The molecule has 1 saturated heterocycles. The summed E-state index contributed by atoms with van der Waals surface area (Å²) in [6.45, 7) is 0.459. The zero-order chi connectivity index (χ0) is 12.8. The number of nitrogens with one attached hydrogen (secondary N) is 1. The van der Waals surface area contributed by atoms with E-state index in [2.05, 4.69) is 10.1 Å². The number of ether oxygens (including phenoxy) is 1. The second-order valence-electron chi connectivity index (χ2n) is 3.79. The molecule has 0 aliphatic carbocycles. The molecule has 7 heteroatoms. The molecule has 1 aliphatic rings. The van der Waals surface area contributed by atoms with Crippen LogP contribution in [0.4, 0.5) is 0 Å². The number of carbonyl (C=O) groups is 3. The third kappa shape index (κ3) is 4.03. The van der Waals surface area contributed by atoms with Gasteiger partial charge in [0.1, 0.15) is 0 Å². The number of methoxy groups -OCH3 is 1. The van der Waals surface area contributed by atoms with Crippen molar-refractivity contribution < 1.29 is 24.2 Å². The number of hydrogen-bond acceptors (Lipinski definition) is 4. The van der Waals surface area contributed by atoms with E-state index < -0.39 is 12.1 Å². The van der Waals surface area contributed by atoms with E-state index in [4.69, 9.17) is 5.11 Å². The summed E-state index contributed by atoms with van der Waals surface area (Å²) in [7, 11) is 1.26. The third-order valence-electron chi connectivity index (χ3n) is 2.55. The molecule has 0 aromatic rings. The first-order valence-corrected chi connectivity index (χ1v) is 5.34. The predicted octanol–water partition coefficient (Wildman–Crippen LogP) is -1.18. The molecule has 17 heavy (non-hydrogen) atoms. The normalized spacial score (nSPS) is 17.0. The average Bonchev–Trinajstić information content (AvgIpc) is 2.65. The lowest BCUT2D eigenvalue weighted by atomic mass is 10.3. The van der Waals surface area contributed by atoms with E-state index in [0.717, 1.165) is 6.42 Å². The highest BCUT2D eigenvalue weighted by atomic mass is 16.5. The van der Waals surface area contributed by atoms with Crippen LogP contribution in [0.1, 0.15) is 12.8 Å². The largest absolute Gasteiger partial charge is 0.479 e. The molecule has 7 nitrogen and oxygen atoms in total. The monoisotopic (exact) mass is 244 g/mol. The van der Waals surface area contributed by atoms with E-state index in [9.17, 15) is 14.4 Å². The van der Waals surface area contributed by atoms with Gasteiger partial charge in [0, 0.05) is 20.1 Å². The lowest BCUT2D eigenvalue weighted by Crippen LogP contribution is -2.43. The van der Waals surface area contributed by atoms with Crippen LogP contribution in [-0.2, 0) is 19.1 Å². The van der Waals surface area contributed by atoms with Crippen LogP contribution in [0.5, 0.6) is 0 Å². The molecule has 2 N–H and O–H groups in total. The van der Waals surface area contributed by atoms with E-state index in [1.807, 2.05) is 0 Å². The van der Waals surface area contributed by atoms with Crippen molar-refractivity contribution in [3.05, 3.63) is 0 Å². The number of nitrogens with zero attached hydrogens (tertiary/aromatic N) is 1. The zero-order valence-electron chi connectivity index (χ0n) is 9.64. The average molecular weight is 244 g/mol. The fraction of sp³-hybridized carbons (Fsp3) is 0.700. The number of hydrogen-bond donors (Lipinski definition) is 2. The van der Waals surface area contributed by atoms with Gasteiger partial charge >= 0.3 is 5.97 Å². The summed E-state index contributed by atoms with van der Waals surface area (Å²) in [6, 6.07) is 0. The molecule has 1 atom stereocenters. The highest BCUT2D eigenvalue weighted by Crippen LogP contribution is 2.08. The number of aliphatic carboxylic acids is 1. The number of amides is 2. The minimum absolute atomic E-state index is 0.0190. The minimum atomic E-state index is -1.13. The fourth-order valence-electron chi connectivity index (χ4n) is 1.58. The summed E-state index contributed by atoms with van der Waals surface area (Å²) in [5, 5.41) is 11.1. The van der Waals surface area contributed by atoms with Crippen LogP contribution < -0.4 is 5.32 Å². The second-order valence-corrected chi connectivity index (χ2v) is 3.79. The van der Waals surface area contributed by atoms with Crippen LogP contribution in [0.2, 0.25) is 0 Å². The van der Waals surface area contributed by atoms with Crippen molar-refractivity contribution in [2.24, 2.45) is 0 Å². The predicted molar refractivity (Wildman–Crippen MR) is 57.3 cm³/mol. The van der Waals surface area contributed by atoms with Gasteiger partial charge in [-0.25, -0.2) is 4.79 Å². The molecular weight excluding hydrogens is 228 g/mol. The van der Waals surface area contributed by atoms with E-state index >= 15 is 0 Å². The molecule has 0 saturated carbocycles. The Morgan fingerprint density at radius 1 is 1.59 bits per heavy atom. The molecule has 0 aromatic carbocycles. The van der Waals surface area contributed by atoms with Gasteiger partial charge in [0.05, 0.1) is 13.1 Å². The van der Waals surface area contributed by atoms with Crippen LogP contribution >= 0.6 is 0 Å². The highest BCUT2D eigenvalue weighted by Gasteiger charge is 2.23.